The molecule has 1 rings (SSSR count). The Bertz CT molecular complexity index is 518. The predicted molar refractivity (Wildman–Crippen MR) is 70.1 cm³/mol. The van der Waals surface area contributed by atoms with E-state index in [0.717, 1.165) is 0 Å². The molecule has 0 aliphatic rings. The molecule has 0 radical (unpaired) electrons. The van der Waals surface area contributed by atoms with Gasteiger partial charge >= 0.3 is 0 Å². The summed E-state index contributed by atoms with van der Waals surface area (Å²) in [7, 11) is -3.92. The smallest absolute Gasteiger partial charge is 0.265 e. The topological polar surface area (TPSA) is 87.4 Å². The molecule has 0 saturated heterocycles. The average molecular weight is 338 g/mol. The fourth-order valence-electron chi connectivity index (χ4n) is 1.36. The van der Waals surface area contributed by atoms with E-state index in [1.165, 1.54) is 0 Å². The molecule has 8 heteroatoms. The number of aromatic nitrogens is 1. The summed E-state index contributed by atoms with van der Waals surface area (Å²) >= 11 is 3.04. The van der Waals surface area contributed by atoms with Gasteiger partial charge in [-0.3, -0.25) is 9.35 Å². The summed E-state index contributed by atoms with van der Waals surface area (Å²) in [6.45, 7) is 0.442. The Kier molecular flexibility index (Phi) is 5.70. The van der Waals surface area contributed by atoms with Crippen LogP contribution in [0.25, 0.3) is 0 Å². The number of hydrogen-bond donors (Lipinski definition) is 2. The van der Waals surface area contributed by atoms with Gasteiger partial charge in [-0.05, 0) is 6.07 Å². The Hall–Kier alpha value is -0.990. The van der Waals surface area contributed by atoms with Gasteiger partial charge in [-0.25, -0.2) is 4.57 Å². The van der Waals surface area contributed by atoms with E-state index in [-0.39, 0.29) is 17.0 Å². The number of amides is 1. The number of alkyl halides is 1. The van der Waals surface area contributed by atoms with Crippen molar-refractivity contribution in [1.82, 2.24) is 0 Å². The Labute approximate surface area is 114 Å². The summed E-state index contributed by atoms with van der Waals surface area (Å²) in [4.78, 5) is 11.2. The summed E-state index contributed by atoms with van der Waals surface area (Å²) in [6.07, 6.45) is 3.76. The van der Waals surface area contributed by atoms with Crippen molar-refractivity contribution in [3.63, 3.8) is 0 Å². The minimum atomic E-state index is -3.92. The molecule has 0 aliphatic heterocycles. The number of nitrogens with one attached hydrogen (secondary N) is 1. The first-order chi connectivity index (χ1) is 8.40. The minimum Gasteiger partial charge on any atom is -0.320 e. The fraction of sp³-hybridized carbons (Fsp3) is 0.400. The lowest BCUT2D eigenvalue weighted by Crippen LogP contribution is -2.34. The Balaban J connectivity index is 2.57. The highest BCUT2D eigenvalue weighted by molar-refractivity contribution is 9.09. The van der Waals surface area contributed by atoms with E-state index >= 15 is 0 Å². The molecule has 0 atom stereocenters. The number of rotatable bonds is 6. The molecular weight excluding hydrogens is 324 g/mol. The van der Waals surface area contributed by atoms with Gasteiger partial charge in [-0.1, -0.05) is 15.9 Å². The van der Waals surface area contributed by atoms with E-state index in [9.17, 15) is 13.2 Å². The summed E-state index contributed by atoms with van der Waals surface area (Å²) < 4.78 is 31.5. The van der Waals surface area contributed by atoms with Crippen LogP contribution < -0.4 is 9.88 Å². The van der Waals surface area contributed by atoms with E-state index in [4.69, 9.17) is 4.55 Å². The van der Waals surface area contributed by atoms with Crippen molar-refractivity contribution in [2.45, 2.75) is 13.0 Å². The van der Waals surface area contributed by atoms with Crippen molar-refractivity contribution in [2.24, 2.45) is 0 Å². The van der Waals surface area contributed by atoms with Gasteiger partial charge in [0.15, 0.2) is 12.4 Å². The fourth-order valence-corrected chi connectivity index (χ4v) is 1.99. The average Bonchev–Trinajstić information content (AvgIpc) is 2.27. The molecule has 1 aromatic heterocycles. The Morgan fingerprint density at radius 2 is 2.22 bits per heavy atom. The molecule has 100 valence electrons. The highest BCUT2D eigenvalue weighted by Gasteiger charge is 2.09. The zero-order valence-corrected chi connectivity index (χ0v) is 11.9. The Morgan fingerprint density at radius 3 is 2.83 bits per heavy atom. The number of halogens is 1. The summed E-state index contributed by atoms with van der Waals surface area (Å²) in [5, 5.41) is 2.88. The molecule has 18 heavy (non-hydrogen) atoms. The van der Waals surface area contributed by atoms with Gasteiger partial charge in [-0.2, -0.15) is 8.42 Å². The van der Waals surface area contributed by atoms with Crippen molar-refractivity contribution >= 4 is 37.6 Å². The predicted octanol–water partition coefficient (Wildman–Crippen LogP) is 0.585. The van der Waals surface area contributed by atoms with Crippen molar-refractivity contribution in [3.05, 3.63) is 24.5 Å². The van der Waals surface area contributed by atoms with Crippen molar-refractivity contribution in [2.75, 3.05) is 16.4 Å². The third kappa shape index (κ3) is 6.08. The maximum absolute atomic E-state index is 11.2. The number of pyridine rings is 1. The van der Waals surface area contributed by atoms with Crippen molar-refractivity contribution in [3.8, 4) is 0 Å². The largest absolute Gasteiger partial charge is 0.320 e. The third-order valence-electron chi connectivity index (χ3n) is 2.08. The summed E-state index contributed by atoms with van der Waals surface area (Å²) in [5.74, 6) is -0.441. The maximum Gasteiger partial charge on any atom is 0.265 e. The van der Waals surface area contributed by atoms with Gasteiger partial charge in [0.1, 0.15) is 12.2 Å². The SMILES string of the molecule is O=C(CBr)Nc1ccc[n+](CCCS(=O)(=O)O)c1. The quantitative estimate of drug-likeness (QED) is 0.451. The molecule has 0 unspecified atom stereocenters. The molecule has 0 bridgehead atoms. The van der Waals surface area contributed by atoms with E-state index in [2.05, 4.69) is 21.2 Å². The standard InChI is InChI=1S/C10H13BrN2O4S/c11-7-10(14)12-9-3-1-4-13(8-9)5-2-6-18(15,16)17/h1,3-4,8H,2,5-7H2,(H-,12,14,15,16,17)/p+1. The second-order valence-corrected chi connectivity index (χ2v) is 5.78. The molecule has 6 nitrogen and oxygen atoms in total. The number of hydrogen-bond acceptors (Lipinski definition) is 3. The van der Waals surface area contributed by atoms with Crippen LogP contribution in [0.4, 0.5) is 5.69 Å². The van der Waals surface area contributed by atoms with E-state index in [0.29, 0.717) is 18.7 Å². The minimum absolute atomic E-state index is 0.161. The molecule has 0 saturated carbocycles. The monoisotopic (exact) mass is 337 g/mol. The number of carbonyl (C=O) groups excluding carboxylic acids is 1. The van der Waals surface area contributed by atoms with Crippen LogP contribution in [-0.2, 0) is 21.5 Å². The van der Waals surface area contributed by atoms with Gasteiger partial charge in [0.25, 0.3) is 10.1 Å². The molecule has 0 spiro atoms. The van der Waals surface area contributed by atoms with Crippen LogP contribution >= 0.6 is 15.9 Å². The van der Waals surface area contributed by atoms with Crippen molar-refractivity contribution in [1.29, 1.82) is 0 Å². The van der Waals surface area contributed by atoms with Crippen LogP contribution in [0.15, 0.2) is 24.5 Å². The normalized spacial score (nSPS) is 11.2. The molecular formula is C10H14BrN2O4S+. The second-order valence-electron chi connectivity index (χ2n) is 3.65. The maximum atomic E-state index is 11.2. The zero-order chi connectivity index (χ0) is 13.6. The van der Waals surface area contributed by atoms with E-state index < -0.39 is 10.1 Å². The zero-order valence-electron chi connectivity index (χ0n) is 9.54. The Morgan fingerprint density at radius 1 is 1.50 bits per heavy atom. The van der Waals surface area contributed by atoms with Crippen molar-refractivity contribution < 1.29 is 22.3 Å². The summed E-state index contributed by atoms with van der Waals surface area (Å²) in [5.41, 5.74) is 0.633. The molecule has 1 aromatic rings. The van der Waals surface area contributed by atoms with Crippen LogP contribution in [0.3, 0.4) is 0 Å². The van der Waals surface area contributed by atoms with Crippen LogP contribution in [0.2, 0.25) is 0 Å². The van der Waals surface area contributed by atoms with E-state index in [1.54, 1.807) is 29.1 Å². The molecule has 0 aliphatic carbocycles. The molecule has 1 heterocycles. The van der Waals surface area contributed by atoms with Gasteiger partial charge < -0.3 is 5.32 Å². The first kappa shape index (κ1) is 15.1. The second kappa shape index (κ2) is 6.81. The van der Waals surface area contributed by atoms with Crippen LogP contribution in [0.1, 0.15) is 6.42 Å². The number of carbonyl (C=O) groups is 1. The van der Waals surface area contributed by atoms with Gasteiger partial charge in [-0.15, -0.1) is 0 Å². The molecule has 1 amide bonds. The number of aryl methyl sites for hydroxylation is 1. The van der Waals surface area contributed by atoms with Gasteiger partial charge in [0.2, 0.25) is 5.91 Å². The lowest BCUT2D eigenvalue weighted by atomic mass is 10.4. The lowest BCUT2D eigenvalue weighted by molar-refractivity contribution is -0.696. The van der Waals surface area contributed by atoms with Crippen LogP contribution in [-0.4, -0.2) is 30.0 Å². The first-order valence-corrected chi connectivity index (χ1v) is 7.94. The molecule has 0 fully saturated rings. The highest BCUT2D eigenvalue weighted by atomic mass is 79.9. The molecule has 2 N–H and O–H groups in total. The number of anilines is 1. The van der Waals surface area contributed by atoms with Crippen LogP contribution in [0.5, 0.6) is 0 Å². The van der Waals surface area contributed by atoms with Gasteiger partial charge in [0, 0.05) is 12.5 Å². The highest BCUT2D eigenvalue weighted by Crippen LogP contribution is 2.02. The van der Waals surface area contributed by atoms with Crippen LogP contribution in [0, 0.1) is 0 Å². The number of nitrogens with zero attached hydrogens (tertiary/aromatic N) is 1. The third-order valence-corrected chi connectivity index (χ3v) is 3.40. The lowest BCUT2D eigenvalue weighted by Gasteiger charge is -2.02. The van der Waals surface area contributed by atoms with Gasteiger partial charge in [0.05, 0.1) is 11.1 Å². The first-order valence-electron chi connectivity index (χ1n) is 5.21. The van der Waals surface area contributed by atoms with E-state index in [1.807, 2.05) is 0 Å². The summed E-state index contributed by atoms with van der Waals surface area (Å²) in [6, 6.07) is 3.48. The molecule has 0 aromatic carbocycles.